The minimum absolute atomic E-state index is 0.0788. The fourth-order valence-electron chi connectivity index (χ4n) is 2.47. The molecular weight excluding hydrogens is 280 g/mol. The highest BCUT2D eigenvalue weighted by Crippen LogP contribution is 2.29. The van der Waals surface area contributed by atoms with E-state index in [1.165, 1.54) is 23.4 Å². The molecule has 0 radical (unpaired) electrons. The summed E-state index contributed by atoms with van der Waals surface area (Å²) in [5.74, 6) is -0.0788. The number of aromatic nitrogens is 1. The van der Waals surface area contributed by atoms with Gasteiger partial charge in [-0.15, -0.1) is 11.3 Å². The van der Waals surface area contributed by atoms with Gasteiger partial charge in [-0.05, 0) is 44.2 Å². The number of nitrogens with one attached hydrogen (secondary N) is 1. The van der Waals surface area contributed by atoms with Crippen molar-refractivity contribution in [1.82, 2.24) is 4.98 Å². The molecule has 0 saturated heterocycles. The minimum Gasteiger partial charge on any atom is -0.298 e. The van der Waals surface area contributed by atoms with Crippen molar-refractivity contribution in [2.45, 2.75) is 32.6 Å². The number of thiazole rings is 1. The minimum atomic E-state index is -0.0788. The molecule has 0 saturated carbocycles. The third-order valence-corrected chi connectivity index (χ3v) is 4.68. The van der Waals surface area contributed by atoms with Crippen LogP contribution in [0, 0.1) is 0 Å². The van der Waals surface area contributed by atoms with Crippen molar-refractivity contribution in [2.75, 3.05) is 5.32 Å². The van der Waals surface area contributed by atoms with Crippen LogP contribution in [-0.2, 0) is 17.6 Å². The van der Waals surface area contributed by atoms with Crippen molar-refractivity contribution < 1.29 is 4.79 Å². The van der Waals surface area contributed by atoms with E-state index in [2.05, 4.69) is 10.3 Å². The molecule has 21 heavy (non-hydrogen) atoms. The zero-order valence-corrected chi connectivity index (χ0v) is 12.9. The fourth-order valence-corrected chi connectivity index (χ4v) is 3.51. The molecule has 1 amide bonds. The Kier molecular flexibility index (Phi) is 4.15. The molecule has 1 aliphatic rings. The van der Waals surface area contributed by atoms with E-state index in [-0.39, 0.29) is 5.91 Å². The fraction of sp³-hybridized carbons (Fsp3) is 0.294. The average molecular weight is 298 g/mol. The van der Waals surface area contributed by atoms with Crippen LogP contribution in [0.25, 0.3) is 6.08 Å². The number of carbonyl (C=O) groups excluding carboxylic acids is 1. The molecule has 4 heteroatoms. The monoisotopic (exact) mass is 298 g/mol. The number of nitrogens with zero attached hydrogens (tertiary/aromatic N) is 1. The van der Waals surface area contributed by atoms with Gasteiger partial charge in [-0.25, -0.2) is 4.98 Å². The number of aryl methyl sites for hydroxylation is 2. The molecule has 0 atom stereocenters. The van der Waals surface area contributed by atoms with Crippen molar-refractivity contribution in [3.05, 3.63) is 52.0 Å². The highest BCUT2D eigenvalue weighted by atomic mass is 32.1. The van der Waals surface area contributed by atoms with Crippen LogP contribution in [-0.4, -0.2) is 10.9 Å². The Hall–Kier alpha value is -1.94. The first-order valence-electron chi connectivity index (χ1n) is 7.25. The van der Waals surface area contributed by atoms with E-state index in [0.717, 1.165) is 23.5 Å². The average Bonchev–Trinajstić information content (AvgIpc) is 2.90. The number of hydrogen-bond acceptors (Lipinski definition) is 3. The van der Waals surface area contributed by atoms with E-state index >= 15 is 0 Å². The first-order chi connectivity index (χ1) is 10.2. The number of fused-ring (bicyclic) bond motifs is 1. The molecule has 0 spiro atoms. The molecule has 1 aromatic carbocycles. The Morgan fingerprint density at radius 3 is 2.76 bits per heavy atom. The van der Waals surface area contributed by atoms with Gasteiger partial charge in [0, 0.05) is 10.5 Å². The Bertz CT molecular complexity index is 650. The SMILES string of the molecule is CC(=Cc1ccccc1)C(=O)Nc1nc2c(s1)CCCC2. The van der Waals surface area contributed by atoms with Gasteiger partial charge in [-0.3, -0.25) is 10.1 Å². The number of rotatable bonds is 3. The molecule has 0 fully saturated rings. The Morgan fingerprint density at radius 1 is 1.24 bits per heavy atom. The number of anilines is 1. The van der Waals surface area contributed by atoms with E-state index in [0.29, 0.717) is 5.57 Å². The first-order valence-corrected chi connectivity index (χ1v) is 8.07. The summed E-state index contributed by atoms with van der Waals surface area (Å²) in [4.78, 5) is 18.1. The van der Waals surface area contributed by atoms with Crippen LogP contribution >= 0.6 is 11.3 Å². The molecule has 0 bridgehead atoms. The van der Waals surface area contributed by atoms with Gasteiger partial charge in [0.25, 0.3) is 5.91 Å². The van der Waals surface area contributed by atoms with Gasteiger partial charge < -0.3 is 0 Å². The molecule has 3 rings (SSSR count). The standard InChI is InChI=1S/C17H18N2OS/c1-12(11-13-7-3-2-4-8-13)16(20)19-17-18-14-9-5-6-10-15(14)21-17/h2-4,7-8,11H,5-6,9-10H2,1H3,(H,18,19,20). The number of amides is 1. The largest absolute Gasteiger partial charge is 0.298 e. The maximum atomic E-state index is 12.2. The Balaban J connectivity index is 1.71. The van der Waals surface area contributed by atoms with Crippen molar-refractivity contribution in [2.24, 2.45) is 0 Å². The molecule has 0 aliphatic heterocycles. The quantitative estimate of drug-likeness (QED) is 0.868. The second-order valence-corrected chi connectivity index (χ2v) is 6.37. The van der Waals surface area contributed by atoms with Gasteiger partial charge in [0.1, 0.15) is 0 Å². The van der Waals surface area contributed by atoms with Gasteiger partial charge in [0.15, 0.2) is 5.13 Å². The van der Waals surface area contributed by atoms with E-state index in [4.69, 9.17) is 0 Å². The van der Waals surface area contributed by atoms with Gasteiger partial charge in [-0.2, -0.15) is 0 Å². The lowest BCUT2D eigenvalue weighted by Gasteiger charge is -2.06. The van der Waals surface area contributed by atoms with Crippen LogP contribution in [0.1, 0.15) is 35.9 Å². The van der Waals surface area contributed by atoms with Crippen LogP contribution < -0.4 is 5.32 Å². The van der Waals surface area contributed by atoms with E-state index < -0.39 is 0 Å². The van der Waals surface area contributed by atoms with Crippen molar-refractivity contribution >= 4 is 28.5 Å². The molecule has 1 aromatic heterocycles. The molecular formula is C17H18N2OS. The van der Waals surface area contributed by atoms with E-state index in [9.17, 15) is 4.79 Å². The molecule has 108 valence electrons. The van der Waals surface area contributed by atoms with Crippen LogP contribution in [0.4, 0.5) is 5.13 Å². The Labute approximate surface area is 128 Å². The zero-order valence-electron chi connectivity index (χ0n) is 12.1. The van der Waals surface area contributed by atoms with E-state index in [1.54, 1.807) is 11.3 Å². The summed E-state index contributed by atoms with van der Waals surface area (Å²) >= 11 is 1.62. The summed E-state index contributed by atoms with van der Waals surface area (Å²) in [6.45, 7) is 1.83. The summed E-state index contributed by atoms with van der Waals surface area (Å²) in [5, 5.41) is 3.65. The lowest BCUT2D eigenvalue weighted by atomic mass is 10.0. The van der Waals surface area contributed by atoms with Crippen molar-refractivity contribution in [3.8, 4) is 0 Å². The highest BCUT2D eigenvalue weighted by Gasteiger charge is 2.16. The highest BCUT2D eigenvalue weighted by molar-refractivity contribution is 7.15. The lowest BCUT2D eigenvalue weighted by Crippen LogP contribution is -2.12. The van der Waals surface area contributed by atoms with Crippen molar-refractivity contribution in [3.63, 3.8) is 0 Å². The van der Waals surface area contributed by atoms with Crippen molar-refractivity contribution in [1.29, 1.82) is 0 Å². The maximum Gasteiger partial charge on any atom is 0.253 e. The molecule has 1 N–H and O–H groups in total. The predicted octanol–water partition coefficient (Wildman–Crippen LogP) is 4.06. The van der Waals surface area contributed by atoms with Crippen LogP contribution in [0.3, 0.4) is 0 Å². The van der Waals surface area contributed by atoms with E-state index in [1.807, 2.05) is 43.3 Å². The van der Waals surface area contributed by atoms with Gasteiger partial charge in [0.2, 0.25) is 0 Å². The summed E-state index contributed by atoms with van der Waals surface area (Å²) < 4.78 is 0. The topological polar surface area (TPSA) is 42.0 Å². The third-order valence-electron chi connectivity index (χ3n) is 3.61. The smallest absolute Gasteiger partial charge is 0.253 e. The summed E-state index contributed by atoms with van der Waals surface area (Å²) in [6.07, 6.45) is 6.47. The molecule has 0 unspecified atom stereocenters. The number of hydrogen-bond donors (Lipinski definition) is 1. The lowest BCUT2D eigenvalue weighted by molar-refractivity contribution is -0.112. The summed E-state index contributed by atoms with van der Waals surface area (Å²) in [6, 6.07) is 9.86. The summed E-state index contributed by atoms with van der Waals surface area (Å²) in [7, 11) is 0. The van der Waals surface area contributed by atoms with Gasteiger partial charge >= 0.3 is 0 Å². The maximum absolute atomic E-state index is 12.2. The van der Waals surface area contributed by atoms with Gasteiger partial charge in [0.05, 0.1) is 5.69 Å². The molecule has 1 heterocycles. The van der Waals surface area contributed by atoms with Crippen LogP contribution in [0.15, 0.2) is 35.9 Å². The third kappa shape index (κ3) is 3.39. The summed E-state index contributed by atoms with van der Waals surface area (Å²) in [5.41, 5.74) is 2.89. The van der Waals surface area contributed by atoms with Crippen LogP contribution in [0.5, 0.6) is 0 Å². The first kappa shape index (κ1) is 14.0. The predicted molar refractivity (Wildman–Crippen MR) is 87.5 cm³/mol. The van der Waals surface area contributed by atoms with Gasteiger partial charge in [-0.1, -0.05) is 30.3 Å². The number of benzene rings is 1. The molecule has 2 aromatic rings. The zero-order chi connectivity index (χ0) is 14.7. The normalized spacial score (nSPS) is 14.6. The second kappa shape index (κ2) is 6.22. The molecule has 3 nitrogen and oxygen atoms in total. The number of carbonyl (C=O) groups is 1. The second-order valence-electron chi connectivity index (χ2n) is 5.29. The molecule has 1 aliphatic carbocycles. The van der Waals surface area contributed by atoms with Crippen LogP contribution in [0.2, 0.25) is 0 Å². The Morgan fingerprint density at radius 2 is 2.00 bits per heavy atom.